The molecule has 296 valence electrons. The summed E-state index contributed by atoms with van der Waals surface area (Å²) in [5.41, 5.74) is -1.46. The van der Waals surface area contributed by atoms with Crippen molar-refractivity contribution in [2.45, 2.75) is 166 Å². The fourth-order valence-corrected chi connectivity index (χ4v) is 11.6. The Kier molecular flexibility index (Phi) is 9.68. The number of fused-ring (bicyclic) bond motifs is 4. The highest BCUT2D eigenvalue weighted by Crippen LogP contribution is 2.63. The third-order valence-electron chi connectivity index (χ3n) is 14.7. The van der Waals surface area contributed by atoms with Crippen LogP contribution in [0.4, 0.5) is 13.2 Å². The molecule has 0 N–H and O–H groups in total. The van der Waals surface area contributed by atoms with Crippen molar-refractivity contribution in [1.82, 2.24) is 4.90 Å². The molecule has 0 amide bonds. The van der Waals surface area contributed by atoms with Crippen molar-refractivity contribution in [3.8, 4) is 0 Å². The number of unbranched alkanes of at least 4 members (excludes halogenated alkanes) is 3. The van der Waals surface area contributed by atoms with Crippen LogP contribution in [0.5, 0.6) is 0 Å². The van der Waals surface area contributed by atoms with Crippen LogP contribution in [-0.2, 0) is 43.2 Å². The van der Waals surface area contributed by atoms with Crippen molar-refractivity contribution < 1.29 is 56.4 Å². The Labute approximate surface area is 306 Å². The van der Waals surface area contributed by atoms with Crippen molar-refractivity contribution in [3.05, 3.63) is 11.3 Å². The molecule has 7 saturated heterocycles. The van der Waals surface area contributed by atoms with Crippen LogP contribution in [0, 0.1) is 41.4 Å². The largest absolute Gasteiger partial charge is 0.456 e. The first-order chi connectivity index (χ1) is 24.5. The Hall–Kier alpha value is -1.03. The molecule has 8 aliphatic heterocycles. The van der Waals surface area contributed by atoms with Gasteiger partial charge >= 0.3 is 6.18 Å². The molecule has 2 unspecified atom stereocenters. The summed E-state index contributed by atoms with van der Waals surface area (Å²) in [6.07, 6.45) is 3.83. The SMILES string of the molecule is C[C@@H]1CC[C@H]2C(CN(C)CCCCCCO[C@@]3(C)O[C@@H]4O[C@]5(C)CCC6[C@H](C)CC[C@@H]([C@H]3C)[C@]64OO5)=C(C(F)(F)F)O[C@@H]3O[C@]4(C)CCC1[C@]32OO4. The van der Waals surface area contributed by atoms with E-state index in [1.165, 1.54) is 0 Å². The number of rotatable bonds is 10. The summed E-state index contributed by atoms with van der Waals surface area (Å²) in [7, 11) is 1.89. The molecule has 4 bridgehead atoms. The molecule has 0 aromatic rings. The maximum Gasteiger partial charge on any atom is 0.449 e. The van der Waals surface area contributed by atoms with Crippen LogP contribution in [0.15, 0.2) is 11.3 Å². The number of likely N-dealkylation sites (N-methyl/N-ethyl adjacent to an activating group) is 1. The summed E-state index contributed by atoms with van der Waals surface area (Å²) in [5.74, 6) is -2.88. The summed E-state index contributed by atoms with van der Waals surface area (Å²) in [6.45, 7) is 13.7. The molecule has 9 fully saturated rings. The predicted molar refractivity (Wildman–Crippen MR) is 180 cm³/mol. The molecule has 2 spiro atoms. The first-order valence-electron chi connectivity index (χ1n) is 20.1. The van der Waals surface area contributed by atoms with Crippen molar-refractivity contribution >= 4 is 0 Å². The highest BCUT2D eigenvalue weighted by Gasteiger charge is 2.72. The van der Waals surface area contributed by atoms with Crippen LogP contribution in [0.1, 0.15) is 119 Å². The van der Waals surface area contributed by atoms with Crippen LogP contribution in [0.3, 0.4) is 0 Å². The van der Waals surface area contributed by atoms with Gasteiger partial charge in [-0.1, -0.05) is 33.6 Å². The second kappa shape index (κ2) is 13.3. The molecule has 14 atom stereocenters. The smallest absolute Gasteiger partial charge is 0.449 e. The van der Waals surface area contributed by atoms with Gasteiger partial charge in [0.25, 0.3) is 0 Å². The lowest BCUT2D eigenvalue weighted by molar-refractivity contribution is -0.585. The van der Waals surface area contributed by atoms with Gasteiger partial charge in [-0.15, -0.1) is 0 Å². The van der Waals surface area contributed by atoms with E-state index in [0.29, 0.717) is 37.8 Å². The van der Waals surface area contributed by atoms with Gasteiger partial charge in [0.1, 0.15) is 0 Å². The van der Waals surface area contributed by atoms with E-state index in [1.807, 2.05) is 25.8 Å². The van der Waals surface area contributed by atoms with E-state index >= 15 is 0 Å². The normalized spacial score (nSPS) is 49.6. The quantitative estimate of drug-likeness (QED) is 0.162. The molecule has 8 heterocycles. The van der Waals surface area contributed by atoms with E-state index in [4.69, 9.17) is 43.2 Å². The molecule has 10 rings (SSSR count). The summed E-state index contributed by atoms with van der Waals surface area (Å²) in [5, 5.41) is 0. The van der Waals surface area contributed by atoms with Gasteiger partial charge in [0.15, 0.2) is 23.3 Å². The number of hydrogen-bond acceptors (Lipinski definition) is 10. The lowest BCUT2D eigenvalue weighted by Crippen LogP contribution is -2.72. The minimum atomic E-state index is -4.64. The number of alkyl halides is 3. The molecule has 2 saturated carbocycles. The highest BCUT2D eigenvalue weighted by atomic mass is 19.4. The Morgan fingerprint density at radius 3 is 2.02 bits per heavy atom. The third kappa shape index (κ3) is 6.01. The van der Waals surface area contributed by atoms with E-state index in [-0.39, 0.29) is 35.8 Å². The molecule has 0 aromatic carbocycles. The number of allylic oxidation sites excluding steroid dienone is 1. The lowest BCUT2D eigenvalue weighted by Gasteiger charge is -2.62. The molecule has 13 heteroatoms. The molecular formula is C39H60F3NO9. The Morgan fingerprint density at radius 2 is 1.33 bits per heavy atom. The highest BCUT2D eigenvalue weighted by molar-refractivity contribution is 5.29. The molecular weight excluding hydrogens is 683 g/mol. The second-order valence-corrected chi connectivity index (χ2v) is 18.2. The second-order valence-electron chi connectivity index (χ2n) is 18.2. The molecule has 0 radical (unpaired) electrons. The van der Waals surface area contributed by atoms with Crippen LogP contribution < -0.4 is 0 Å². The minimum Gasteiger partial charge on any atom is -0.456 e. The first kappa shape index (κ1) is 37.9. The molecule has 52 heavy (non-hydrogen) atoms. The summed E-state index contributed by atoms with van der Waals surface area (Å²) >= 11 is 0. The first-order valence-corrected chi connectivity index (χ1v) is 20.1. The molecule has 10 aliphatic rings. The van der Waals surface area contributed by atoms with Crippen LogP contribution in [0.2, 0.25) is 0 Å². The monoisotopic (exact) mass is 743 g/mol. The maximum atomic E-state index is 14.6. The maximum absolute atomic E-state index is 14.6. The molecule has 0 aromatic heterocycles. The number of hydrogen-bond donors (Lipinski definition) is 0. The van der Waals surface area contributed by atoms with Gasteiger partial charge in [0.05, 0.1) is 6.61 Å². The zero-order valence-electron chi connectivity index (χ0n) is 32.1. The third-order valence-corrected chi connectivity index (χ3v) is 14.7. The number of nitrogens with zero attached hydrogens (tertiary/aromatic N) is 1. The number of ether oxygens (including phenoxy) is 5. The Bertz CT molecular complexity index is 1380. The van der Waals surface area contributed by atoms with Crippen LogP contribution in [-0.4, -0.2) is 79.0 Å². The van der Waals surface area contributed by atoms with Crippen molar-refractivity contribution in [1.29, 1.82) is 0 Å². The van der Waals surface area contributed by atoms with Gasteiger partial charge in [-0.2, -0.15) is 13.2 Å². The Morgan fingerprint density at radius 1 is 0.712 bits per heavy atom. The zero-order chi connectivity index (χ0) is 36.9. The van der Waals surface area contributed by atoms with Crippen molar-refractivity contribution in [2.75, 3.05) is 26.7 Å². The molecule has 2 aliphatic carbocycles. The Balaban J connectivity index is 0.857. The van der Waals surface area contributed by atoms with E-state index in [1.54, 1.807) is 6.92 Å². The van der Waals surface area contributed by atoms with Gasteiger partial charge in [-0.25, -0.2) is 19.6 Å². The van der Waals surface area contributed by atoms with Crippen LogP contribution >= 0.6 is 0 Å². The van der Waals surface area contributed by atoms with E-state index in [2.05, 4.69) is 20.8 Å². The topological polar surface area (TPSA) is 86.3 Å². The van der Waals surface area contributed by atoms with Gasteiger partial charge in [-0.05, 0) is 109 Å². The number of halogens is 3. The summed E-state index contributed by atoms with van der Waals surface area (Å²) in [6, 6.07) is 0. The van der Waals surface area contributed by atoms with E-state index < -0.39 is 59.0 Å². The standard InChI is InChI=1S/C39H60F3NO9/c1-23-12-14-29-25(3)36(6,48-33-37(29)27(23)16-19-35(5,47-33)50-51-37)44-21-11-9-8-10-20-43(7)22-26-30-15-13-24(2)28-17-18-34(4)46-32(38(28,30)52-49-34)45-31(26)39(40,41)42/h23-25,27-30,32-33H,8-22H2,1-7H3/t23-,24-,25-,27?,28?,29+,30+,32-,33+,34+,35+,36+,37-,38-/m1/s1. The van der Waals surface area contributed by atoms with Crippen molar-refractivity contribution in [2.24, 2.45) is 41.4 Å². The zero-order valence-corrected chi connectivity index (χ0v) is 32.1. The lowest BCUT2D eigenvalue weighted by atomic mass is 9.57. The van der Waals surface area contributed by atoms with Gasteiger partial charge in [-0.3, -0.25) is 0 Å². The average Bonchev–Trinajstić information content (AvgIpc) is 3.45. The fraction of sp³-hybridized carbons (Fsp3) is 0.949. The van der Waals surface area contributed by atoms with Crippen LogP contribution in [0.25, 0.3) is 0 Å². The van der Waals surface area contributed by atoms with Gasteiger partial charge in [0.2, 0.25) is 23.6 Å². The van der Waals surface area contributed by atoms with E-state index in [0.717, 1.165) is 64.2 Å². The fourth-order valence-electron chi connectivity index (χ4n) is 11.6. The summed E-state index contributed by atoms with van der Waals surface area (Å²) < 4.78 is 75.6. The minimum absolute atomic E-state index is 0.0213. The predicted octanol–water partition coefficient (Wildman–Crippen LogP) is 8.16. The average molecular weight is 744 g/mol. The van der Waals surface area contributed by atoms with E-state index in [9.17, 15) is 13.2 Å². The van der Waals surface area contributed by atoms with Gasteiger partial charge in [0, 0.05) is 43.1 Å². The van der Waals surface area contributed by atoms with Gasteiger partial charge < -0.3 is 28.6 Å². The summed E-state index contributed by atoms with van der Waals surface area (Å²) in [4.78, 5) is 26.2. The van der Waals surface area contributed by atoms with Crippen molar-refractivity contribution in [3.63, 3.8) is 0 Å². The molecule has 10 nitrogen and oxygen atoms in total.